The summed E-state index contributed by atoms with van der Waals surface area (Å²) in [6.07, 6.45) is -0.369. The normalized spacial score (nSPS) is 25.4. The number of amides is 1. The summed E-state index contributed by atoms with van der Waals surface area (Å²) in [7, 11) is 0. The maximum atomic E-state index is 11.6. The van der Waals surface area contributed by atoms with Gasteiger partial charge in [-0.15, -0.1) is 0 Å². The van der Waals surface area contributed by atoms with Crippen molar-refractivity contribution in [2.45, 2.75) is 39.0 Å². The summed E-state index contributed by atoms with van der Waals surface area (Å²) in [5, 5.41) is 15.7. The van der Waals surface area contributed by atoms with Gasteiger partial charge in [0.05, 0.1) is 12.6 Å². The van der Waals surface area contributed by atoms with Gasteiger partial charge in [0.25, 0.3) is 0 Å². The lowest BCUT2D eigenvalue weighted by Gasteiger charge is -2.28. The fourth-order valence-electron chi connectivity index (χ4n) is 2.04. The first-order valence-corrected chi connectivity index (χ1v) is 5.96. The molecule has 1 aliphatic rings. The van der Waals surface area contributed by atoms with Crippen molar-refractivity contribution in [1.29, 1.82) is 0 Å². The summed E-state index contributed by atoms with van der Waals surface area (Å²) in [6, 6.07) is 0.223. The van der Waals surface area contributed by atoms with Crippen molar-refractivity contribution in [3.05, 3.63) is 0 Å². The topological polar surface area (TPSA) is 64.6 Å². The number of likely N-dealkylation sites (N-methyl/N-ethyl adjacent to an activating group) is 1. The van der Waals surface area contributed by atoms with Crippen LogP contribution in [-0.2, 0) is 4.79 Å². The number of aliphatic hydroxyl groups is 1. The smallest absolute Gasteiger partial charge is 0.234 e. The molecule has 5 nitrogen and oxygen atoms in total. The van der Waals surface area contributed by atoms with E-state index in [1.165, 1.54) is 0 Å². The van der Waals surface area contributed by atoms with Gasteiger partial charge in [-0.25, -0.2) is 0 Å². The number of hydrogen-bond donors (Lipinski definition) is 3. The summed E-state index contributed by atoms with van der Waals surface area (Å²) >= 11 is 0. The molecule has 1 saturated heterocycles. The van der Waals surface area contributed by atoms with Gasteiger partial charge in [-0.2, -0.15) is 0 Å². The molecule has 1 fully saturated rings. The lowest BCUT2D eigenvalue weighted by molar-refractivity contribution is -0.123. The Kier molecular flexibility index (Phi) is 5.18. The molecule has 0 aliphatic carbocycles. The van der Waals surface area contributed by atoms with Crippen molar-refractivity contribution in [2.24, 2.45) is 0 Å². The van der Waals surface area contributed by atoms with Gasteiger partial charge in [0.15, 0.2) is 0 Å². The molecule has 0 aromatic heterocycles. The van der Waals surface area contributed by atoms with Gasteiger partial charge >= 0.3 is 0 Å². The second kappa shape index (κ2) is 6.18. The third-order valence-electron chi connectivity index (χ3n) is 2.82. The van der Waals surface area contributed by atoms with E-state index in [9.17, 15) is 9.90 Å². The van der Waals surface area contributed by atoms with Gasteiger partial charge in [-0.1, -0.05) is 6.92 Å². The van der Waals surface area contributed by atoms with Crippen LogP contribution in [0.2, 0.25) is 0 Å². The number of carbonyl (C=O) groups is 1. The van der Waals surface area contributed by atoms with Crippen molar-refractivity contribution in [3.8, 4) is 0 Å². The SMILES string of the molecule is CCN(CC(=O)NC(C)C)C1CNCC1O. The van der Waals surface area contributed by atoms with Crippen molar-refractivity contribution in [2.75, 3.05) is 26.2 Å². The molecule has 2 unspecified atom stereocenters. The highest BCUT2D eigenvalue weighted by atomic mass is 16.3. The van der Waals surface area contributed by atoms with Gasteiger partial charge < -0.3 is 15.7 Å². The molecule has 0 bridgehead atoms. The molecule has 0 aromatic rings. The van der Waals surface area contributed by atoms with Crippen LogP contribution in [0.15, 0.2) is 0 Å². The minimum atomic E-state index is -0.369. The molecule has 0 spiro atoms. The third kappa shape index (κ3) is 3.73. The molecular formula is C11H23N3O2. The zero-order chi connectivity index (χ0) is 12.1. The number of hydrogen-bond acceptors (Lipinski definition) is 4. The van der Waals surface area contributed by atoms with Gasteiger partial charge in [-0.3, -0.25) is 9.69 Å². The molecule has 0 aromatic carbocycles. The van der Waals surface area contributed by atoms with Crippen molar-refractivity contribution < 1.29 is 9.90 Å². The van der Waals surface area contributed by atoms with E-state index in [0.29, 0.717) is 13.1 Å². The summed E-state index contributed by atoms with van der Waals surface area (Å²) in [5.41, 5.74) is 0. The Balaban J connectivity index is 2.45. The number of β-amino-alcohol motifs (C(OH)–C–C–N with tert-alkyl or cyclic N) is 1. The van der Waals surface area contributed by atoms with E-state index in [2.05, 4.69) is 10.6 Å². The first kappa shape index (κ1) is 13.4. The lowest BCUT2D eigenvalue weighted by Crippen LogP contribution is -2.48. The van der Waals surface area contributed by atoms with Crippen LogP contribution in [-0.4, -0.2) is 60.3 Å². The number of carbonyl (C=O) groups excluding carboxylic acids is 1. The Morgan fingerprint density at radius 3 is 2.69 bits per heavy atom. The second-order valence-corrected chi connectivity index (χ2v) is 4.58. The van der Waals surface area contributed by atoms with Gasteiger partial charge in [0.1, 0.15) is 0 Å². The zero-order valence-electron chi connectivity index (χ0n) is 10.4. The third-order valence-corrected chi connectivity index (χ3v) is 2.82. The van der Waals surface area contributed by atoms with Crippen LogP contribution < -0.4 is 10.6 Å². The Hall–Kier alpha value is -0.650. The van der Waals surface area contributed by atoms with E-state index < -0.39 is 0 Å². The van der Waals surface area contributed by atoms with Crippen LogP contribution in [0, 0.1) is 0 Å². The Morgan fingerprint density at radius 1 is 1.56 bits per heavy atom. The average Bonchev–Trinajstić information content (AvgIpc) is 2.60. The first-order chi connectivity index (χ1) is 7.54. The second-order valence-electron chi connectivity index (χ2n) is 4.58. The number of nitrogens with zero attached hydrogens (tertiary/aromatic N) is 1. The summed E-state index contributed by atoms with van der Waals surface area (Å²) < 4.78 is 0. The summed E-state index contributed by atoms with van der Waals surface area (Å²) in [5.74, 6) is 0.0240. The van der Waals surface area contributed by atoms with E-state index in [1.54, 1.807) is 0 Å². The molecule has 1 amide bonds. The zero-order valence-corrected chi connectivity index (χ0v) is 10.4. The molecule has 1 rings (SSSR count). The molecule has 1 aliphatic heterocycles. The highest BCUT2D eigenvalue weighted by Gasteiger charge is 2.30. The van der Waals surface area contributed by atoms with Gasteiger partial charge in [0, 0.05) is 25.2 Å². The Morgan fingerprint density at radius 2 is 2.25 bits per heavy atom. The van der Waals surface area contributed by atoms with E-state index in [0.717, 1.165) is 13.1 Å². The average molecular weight is 229 g/mol. The molecule has 5 heteroatoms. The molecule has 94 valence electrons. The Labute approximate surface area is 97.2 Å². The molecule has 0 radical (unpaired) electrons. The predicted molar refractivity (Wildman–Crippen MR) is 63.2 cm³/mol. The van der Waals surface area contributed by atoms with E-state index in [4.69, 9.17) is 0 Å². The highest BCUT2D eigenvalue weighted by Crippen LogP contribution is 2.08. The fraction of sp³-hybridized carbons (Fsp3) is 0.909. The summed E-state index contributed by atoms with van der Waals surface area (Å²) in [4.78, 5) is 13.6. The maximum Gasteiger partial charge on any atom is 0.234 e. The van der Waals surface area contributed by atoms with Crippen LogP contribution in [0.1, 0.15) is 20.8 Å². The van der Waals surface area contributed by atoms with Gasteiger partial charge in [0.2, 0.25) is 5.91 Å². The van der Waals surface area contributed by atoms with Gasteiger partial charge in [-0.05, 0) is 20.4 Å². The van der Waals surface area contributed by atoms with E-state index >= 15 is 0 Å². The predicted octanol–water partition coefficient (Wildman–Crippen LogP) is -0.834. The minimum Gasteiger partial charge on any atom is -0.390 e. The van der Waals surface area contributed by atoms with E-state index in [1.807, 2.05) is 25.7 Å². The van der Waals surface area contributed by atoms with Crippen LogP contribution in [0.3, 0.4) is 0 Å². The molecule has 3 N–H and O–H groups in total. The van der Waals surface area contributed by atoms with Crippen LogP contribution in [0.5, 0.6) is 0 Å². The van der Waals surface area contributed by atoms with Crippen molar-refractivity contribution in [3.63, 3.8) is 0 Å². The minimum absolute atomic E-state index is 0.0240. The van der Waals surface area contributed by atoms with Crippen LogP contribution in [0.4, 0.5) is 0 Å². The van der Waals surface area contributed by atoms with Crippen LogP contribution >= 0.6 is 0 Å². The van der Waals surface area contributed by atoms with Crippen molar-refractivity contribution in [1.82, 2.24) is 15.5 Å². The molecule has 1 heterocycles. The maximum absolute atomic E-state index is 11.6. The van der Waals surface area contributed by atoms with Crippen LogP contribution in [0.25, 0.3) is 0 Å². The monoisotopic (exact) mass is 229 g/mol. The fourth-order valence-corrected chi connectivity index (χ4v) is 2.04. The molecule has 0 saturated carbocycles. The standard InChI is InChI=1S/C11H23N3O2/c1-4-14(7-11(16)13-8(2)3)9-5-12-6-10(9)15/h8-10,12,15H,4-7H2,1-3H3,(H,13,16). The molecular weight excluding hydrogens is 206 g/mol. The summed E-state index contributed by atoms with van der Waals surface area (Å²) in [6.45, 7) is 8.40. The highest BCUT2D eigenvalue weighted by molar-refractivity contribution is 5.78. The molecule has 2 atom stereocenters. The lowest BCUT2D eigenvalue weighted by atomic mass is 10.2. The number of rotatable bonds is 5. The number of aliphatic hydroxyl groups excluding tert-OH is 1. The quantitative estimate of drug-likeness (QED) is 0.575. The van der Waals surface area contributed by atoms with Crippen molar-refractivity contribution >= 4 is 5.91 Å². The first-order valence-electron chi connectivity index (χ1n) is 5.96. The molecule has 16 heavy (non-hydrogen) atoms. The largest absolute Gasteiger partial charge is 0.390 e. The number of nitrogens with one attached hydrogen (secondary N) is 2. The Bertz CT molecular complexity index is 233. The van der Waals surface area contributed by atoms with E-state index in [-0.39, 0.29) is 24.1 Å².